The lowest BCUT2D eigenvalue weighted by molar-refractivity contribution is -0.145. The first-order valence-electron chi connectivity index (χ1n) is 12.5. The van der Waals surface area contributed by atoms with E-state index >= 15 is 0 Å². The molecule has 9 nitrogen and oxygen atoms in total. The summed E-state index contributed by atoms with van der Waals surface area (Å²) in [5.74, 6) is -1.40. The van der Waals surface area contributed by atoms with E-state index in [0.29, 0.717) is 24.9 Å². The van der Waals surface area contributed by atoms with Crippen molar-refractivity contribution in [2.75, 3.05) is 20.2 Å². The van der Waals surface area contributed by atoms with Crippen molar-refractivity contribution < 1.29 is 28.7 Å². The van der Waals surface area contributed by atoms with Gasteiger partial charge in [-0.25, -0.2) is 4.79 Å². The van der Waals surface area contributed by atoms with Gasteiger partial charge in [0.15, 0.2) is 0 Å². The molecular formula is C27H43N3O6. The highest BCUT2D eigenvalue weighted by atomic mass is 16.6. The minimum Gasteiger partial charge on any atom is -0.468 e. The number of rotatable bonds is 12. The molecule has 1 rings (SSSR count). The first kappa shape index (κ1) is 30.9. The SMILES string of the molecule is CCCCN(C(=O)C(CC(C)C)NC(=O)OC(C)(C)C)C(C(=O)NCC(=O)OC)c1ccc(C)cc1. The number of unbranched alkanes of at least 4 members (excludes halogenated alkanes) is 1. The smallest absolute Gasteiger partial charge is 0.408 e. The summed E-state index contributed by atoms with van der Waals surface area (Å²) in [5, 5.41) is 5.31. The molecular weight excluding hydrogens is 462 g/mol. The molecule has 0 spiro atoms. The van der Waals surface area contributed by atoms with Gasteiger partial charge in [-0.3, -0.25) is 14.4 Å². The van der Waals surface area contributed by atoms with Gasteiger partial charge in [0.05, 0.1) is 7.11 Å². The summed E-state index contributed by atoms with van der Waals surface area (Å²) in [4.78, 5) is 53.1. The Kier molecular flexibility index (Phi) is 12.4. The van der Waals surface area contributed by atoms with E-state index in [1.54, 1.807) is 32.9 Å². The van der Waals surface area contributed by atoms with Crippen molar-refractivity contribution in [3.8, 4) is 0 Å². The number of methoxy groups -OCH3 is 1. The molecule has 0 fully saturated rings. The average Bonchev–Trinajstić information content (AvgIpc) is 2.78. The van der Waals surface area contributed by atoms with E-state index < -0.39 is 35.7 Å². The van der Waals surface area contributed by atoms with Crippen LogP contribution >= 0.6 is 0 Å². The van der Waals surface area contributed by atoms with Crippen LogP contribution in [-0.4, -0.2) is 60.6 Å². The molecule has 1 aromatic carbocycles. The highest BCUT2D eigenvalue weighted by Gasteiger charge is 2.36. The maximum atomic E-state index is 14.0. The zero-order valence-corrected chi connectivity index (χ0v) is 23.0. The van der Waals surface area contributed by atoms with Crippen LogP contribution in [0.4, 0.5) is 4.79 Å². The van der Waals surface area contributed by atoms with Gasteiger partial charge < -0.3 is 25.0 Å². The fourth-order valence-corrected chi connectivity index (χ4v) is 3.59. The number of alkyl carbamates (subject to hydrolysis) is 1. The number of esters is 1. The van der Waals surface area contributed by atoms with E-state index in [1.807, 2.05) is 39.8 Å². The Morgan fingerprint density at radius 3 is 2.17 bits per heavy atom. The second kappa shape index (κ2) is 14.5. The van der Waals surface area contributed by atoms with Crippen LogP contribution in [0.5, 0.6) is 0 Å². The summed E-state index contributed by atoms with van der Waals surface area (Å²) in [6, 6.07) is 5.43. The lowest BCUT2D eigenvalue weighted by atomic mass is 9.98. The first-order valence-corrected chi connectivity index (χ1v) is 12.5. The third-order valence-corrected chi connectivity index (χ3v) is 5.32. The van der Waals surface area contributed by atoms with Crippen LogP contribution in [0.2, 0.25) is 0 Å². The Morgan fingerprint density at radius 2 is 1.67 bits per heavy atom. The molecule has 202 valence electrons. The van der Waals surface area contributed by atoms with Crippen molar-refractivity contribution in [2.45, 2.75) is 85.4 Å². The number of carbonyl (C=O) groups excluding carboxylic acids is 4. The quantitative estimate of drug-likeness (QED) is 0.417. The van der Waals surface area contributed by atoms with Crippen LogP contribution in [0.15, 0.2) is 24.3 Å². The maximum Gasteiger partial charge on any atom is 0.408 e. The lowest BCUT2D eigenvalue weighted by Crippen LogP contribution is -2.53. The summed E-state index contributed by atoms with van der Waals surface area (Å²) < 4.78 is 10.0. The Balaban J connectivity index is 3.43. The summed E-state index contributed by atoms with van der Waals surface area (Å²) in [7, 11) is 1.24. The van der Waals surface area contributed by atoms with E-state index in [2.05, 4.69) is 15.4 Å². The van der Waals surface area contributed by atoms with E-state index in [9.17, 15) is 19.2 Å². The van der Waals surface area contributed by atoms with E-state index in [0.717, 1.165) is 12.0 Å². The highest BCUT2D eigenvalue weighted by molar-refractivity contribution is 5.93. The largest absolute Gasteiger partial charge is 0.468 e. The third-order valence-electron chi connectivity index (χ3n) is 5.32. The van der Waals surface area contributed by atoms with Crippen molar-refractivity contribution in [3.05, 3.63) is 35.4 Å². The average molecular weight is 506 g/mol. The molecule has 0 bridgehead atoms. The molecule has 0 heterocycles. The van der Waals surface area contributed by atoms with Crippen LogP contribution < -0.4 is 10.6 Å². The fourth-order valence-electron chi connectivity index (χ4n) is 3.59. The maximum absolute atomic E-state index is 14.0. The molecule has 9 heteroatoms. The second-order valence-corrected chi connectivity index (χ2v) is 10.3. The van der Waals surface area contributed by atoms with Gasteiger partial charge >= 0.3 is 12.1 Å². The standard InChI is InChI=1S/C27H43N3O6/c1-9-10-15-30(25(33)21(16-18(2)3)29-26(34)36-27(5,6)7)23(20-13-11-19(4)12-14-20)24(32)28-17-22(31)35-8/h11-14,18,21,23H,9-10,15-17H2,1-8H3,(H,28,32)(H,29,34). The molecule has 2 N–H and O–H groups in total. The van der Waals surface area contributed by atoms with Crippen molar-refractivity contribution in [2.24, 2.45) is 5.92 Å². The Bertz CT molecular complexity index is 876. The summed E-state index contributed by atoms with van der Waals surface area (Å²) in [6.45, 7) is 13.0. The number of ether oxygens (including phenoxy) is 2. The van der Waals surface area contributed by atoms with E-state index in [1.165, 1.54) is 12.0 Å². The van der Waals surface area contributed by atoms with Crippen LogP contribution in [0.3, 0.4) is 0 Å². The number of benzene rings is 1. The van der Waals surface area contributed by atoms with Gasteiger partial charge in [0.2, 0.25) is 11.8 Å². The number of hydrogen-bond donors (Lipinski definition) is 2. The molecule has 0 radical (unpaired) electrons. The van der Waals surface area contributed by atoms with Crippen molar-refractivity contribution >= 4 is 23.9 Å². The Hall–Kier alpha value is -3.10. The van der Waals surface area contributed by atoms with Gasteiger partial charge in [0.1, 0.15) is 24.2 Å². The monoisotopic (exact) mass is 505 g/mol. The molecule has 1 aromatic rings. The van der Waals surface area contributed by atoms with Crippen LogP contribution in [0.25, 0.3) is 0 Å². The molecule has 0 aliphatic carbocycles. The first-order chi connectivity index (χ1) is 16.8. The van der Waals surface area contributed by atoms with Gasteiger partial charge in [-0.2, -0.15) is 0 Å². The van der Waals surface area contributed by atoms with E-state index in [-0.39, 0.29) is 18.4 Å². The fraction of sp³-hybridized carbons (Fsp3) is 0.630. The molecule has 2 atom stereocenters. The topological polar surface area (TPSA) is 114 Å². The predicted octanol–water partition coefficient (Wildman–Crippen LogP) is 3.89. The Morgan fingerprint density at radius 1 is 1.06 bits per heavy atom. The van der Waals surface area contributed by atoms with Crippen LogP contribution in [0, 0.1) is 12.8 Å². The van der Waals surface area contributed by atoms with Gasteiger partial charge in [-0.1, -0.05) is 57.0 Å². The minimum atomic E-state index is -0.996. The highest BCUT2D eigenvalue weighted by Crippen LogP contribution is 2.25. The normalized spacial score (nSPS) is 12.9. The van der Waals surface area contributed by atoms with Gasteiger partial charge in [-0.15, -0.1) is 0 Å². The third kappa shape index (κ3) is 10.7. The summed E-state index contributed by atoms with van der Waals surface area (Å²) in [5.41, 5.74) is 0.881. The number of hydrogen-bond acceptors (Lipinski definition) is 6. The van der Waals surface area contributed by atoms with Crippen molar-refractivity contribution in [1.82, 2.24) is 15.5 Å². The number of aryl methyl sites for hydroxylation is 1. The molecule has 0 saturated carbocycles. The van der Waals surface area contributed by atoms with Gasteiger partial charge in [0, 0.05) is 6.54 Å². The number of nitrogens with one attached hydrogen (secondary N) is 2. The Labute approximate surface area is 215 Å². The molecule has 3 amide bonds. The number of carbonyl (C=O) groups is 4. The predicted molar refractivity (Wildman–Crippen MR) is 138 cm³/mol. The van der Waals surface area contributed by atoms with Crippen molar-refractivity contribution in [1.29, 1.82) is 0 Å². The zero-order valence-electron chi connectivity index (χ0n) is 23.0. The van der Waals surface area contributed by atoms with Gasteiger partial charge in [0.25, 0.3) is 0 Å². The minimum absolute atomic E-state index is 0.0906. The molecule has 0 aliphatic rings. The van der Waals surface area contributed by atoms with Crippen LogP contribution in [0.1, 0.15) is 78.0 Å². The van der Waals surface area contributed by atoms with E-state index in [4.69, 9.17) is 4.74 Å². The van der Waals surface area contributed by atoms with Crippen molar-refractivity contribution in [3.63, 3.8) is 0 Å². The lowest BCUT2D eigenvalue weighted by Gasteiger charge is -2.35. The molecule has 0 aromatic heterocycles. The zero-order chi connectivity index (χ0) is 27.5. The number of nitrogens with zero attached hydrogens (tertiary/aromatic N) is 1. The van der Waals surface area contributed by atoms with Crippen LogP contribution in [-0.2, 0) is 23.9 Å². The molecule has 36 heavy (non-hydrogen) atoms. The summed E-state index contributed by atoms with van der Waals surface area (Å²) >= 11 is 0. The second-order valence-electron chi connectivity index (χ2n) is 10.3. The molecule has 2 unspecified atom stereocenters. The molecule has 0 aliphatic heterocycles. The summed E-state index contributed by atoms with van der Waals surface area (Å²) in [6.07, 6.45) is 1.12. The molecule has 0 saturated heterocycles. The van der Waals surface area contributed by atoms with Gasteiger partial charge in [-0.05, 0) is 52.0 Å². The number of amides is 3.